The quantitative estimate of drug-likeness (QED) is 0.785. The zero-order valence-corrected chi connectivity index (χ0v) is 10.0. The molecule has 2 atom stereocenters. The monoisotopic (exact) mass is 211 g/mol. The molecule has 86 valence electrons. The van der Waals surface area contributed by atoms with Gasteiger partial charge in [0.15, 0.2) is 0 Å². The Hall–Kier alpha value is -0.800. The van der Waals surface area contributed by atoms with Gasteiger partial charge in [-0.1, -0.05) is 6.92 Å². The second kappa shape index (κ2) is 5.93. The first-order chi connectivity index (χ1) is 7.20. The van der Waals surface area contributed by atoms with Crippen molar-refractivity contribution in [1.29, 1.82) is 0 Å². The van der Waals surface area contributed by atoms with E-state index < -0.39 is 0 Å². The van der Waals surface area contributed by atoms with Gasteiger partial charge in [-0.05, 0) is 32.4 Å². The van der Waals surface area contributed by atoms with Crippen molar-refractivity contribution in [2.75, 3.05) is 20.8 Å². The molecule has 1 aromatic heterocycles. The van der Waals surface area contributed by atoms with Crippen LogP contribution in [0, 0.1) is 12.8 Å². The first-order valence-corrected chi connectivity index (χ1v) is 5.41. The molecule has 1 N–H and O–H groups in total. The van der Waals surface area contributed by atoms with Gasteiger partial charge in [-0.2, -0.15) is 0 Å². The number of ether oxygens (including phenoxy) is 1. The van der Waals surface area contributed by atoms with E-state index in [1.54, 1.807) is 13.4 Å². The fourth-order valence-electron chi connectivity index (χ4n) is 1.93. The van der Waals surface area contributed by atoms with Crippen LogP contribution >= 0.6 is 0 Å². The fourth-order valence-corrected chi connectivity index (χ4v) is 1.93. The van der Waals surface area contributed by atoms with Crippen molar-refractivity contribution in [3.05, 3.63) is 23.7 Å². The molecular formula is C12H21NO2. The second-order valence-corrected chi connectivity index (χ2v) is 3.96. The van der Waals surface area contributed by atoms with Crippen LogP contribution in [0.15, 0.2) is 16.7 Å². The Kier molecular flexibility index (Phi) is 4.85. The summed E-state index contributed by atoms with van der Waals surface area (Å²) in [6.07, 6.45) is 2.80. The Labute approximate surface area is 91.8 Å². The van der Waals surface area contributed by atoms with Crippen molar-refractivity contribution in [2.24, 2.45) is 5.92 Å². The van der Waals surface area contributed by atoms with Crippen LogP contribution < -0.4 is 5.32 Å². The van der Waals surface area contributed by atoms with Crippen molar-refractivity contribution >= 4 is 0 Å². The Bertz CT molecular complexity index is 283. The number of furan rings is 1. The second-order valence-electron chi connectivity index (χ2n) is 3.96. The van der Waals surface area contributed by atoms with E-state index in [1.165, 1.54) is 5.56 Å². The smallest absolute Gasteiger partial charge is 0.105 e. The van der Waals surface area contributed by atoms with Gasteiger partial charge in [-0.15, -0.1) is 0 Å². The summed E-state index contributed by atoms with van der Waals surface area (Å²) >= 11 is 0. The number of methoxy groups -OCH3 is 1. The fraction of sp³-hybridized carbons (Fsp3) is 0.667. The molecule has 3 nitrogen and oxygen atoms in total. The zero-order valence-electron chi connectivity index (χ0n) is 10.0. The molecule has 0 fully saturated rings. The van der Waals surface area contributed by atoms with E-state index in [0.717, 1.165) is 18.8 Å². The van der Waals surface area contributed by atoms with Gasteiger partial charge in [-0.25, -0.2) is 0 Å². The molecule has 0 saturated heterocycles. The van der Waals surface area contributed by atoms with Crippen molar-refractivity contribution in [3.63, 3.8) is 0 Å². The highest BCUT2D eigenvalue weighted by atomic mass is 16.5. The lowest BCUT2D eigenvalue weighted by atomic mass is 9.92. The number of hydrogen-bond acceptors (Lipinski definition) is 3. The molecule has 0 aliphatic carbocycles. The highest BCUT2D eigenvalue weighted by molar-refractivity contribution is 5.20. The first kappa shape index (κ1) is 12.3. The molecule has 0 aliphatic heterocycles. The number of rotatable bonds is 6. The van der Waals surface area contributed by atoms with E-state index in [-0.39, 0.29) is 0 Å². The van der Waals surface area contributed by atoms with Gasteiger partial charge in [0.2, 0.25) is 0 Å². The van der Waals surface area contributed by atoms with Crippen molar-refractivity contribution in [2.45, 2.75) is 26.3 Å². The normalized spacial score (nSPS) is 15.2. The Morgan fingerprint density at radius 2 is 2.27 bits per heavy atom. The highest BCUT2D eigenvalue weighted by Gasteiger charge is 2.20. The standard InChI is InChI=1S/C12H21NO2/c1-9(5-7-14-4)12(13-3)11-6-8-15-10(11)2/h6,8-9,12-13H,5,7H2,1-4H3. The maximum Gasteiger partial charge on any atom is 0.105 e. The minimum absolute atomic E-state index is 0.346. The topological polar surface area (TPSA) is 34.4 Å². The van der Waals surface area contributed by atoms with Crippen LogP contribution in [0.1, 0.15) is 30.7 Å². The minimum atomic E-state index is 0.346. The van der Waals surface area contributed by atoms with E-state index >= 15 is 0 Å². The molecule has 0 amide bonds. The van der Waals surface area contributed by atoms with Gasteiger partial charge in [0.05, 0.1) is 6.26 Å². The maximum absolute atomic E-state index is 5.33. The van der Waals surface area contributed by atoms with Crippen LogP contribution in [0.5, 0.6) is 0 Å². The first-order valence-electron chi connectivity index (χ1n) is 5.41. The molecule has 0 bridgehead atoms. The highest BCUT2D eigenvalue weighted by Crippen LogP contribution is 2.27. The largest absolute Gasteiger partial charge is 0.469 e. The Morgan fingerprint density at radius 3 is 2.73 bits per heavy atom. The summed E-state index contributed by atoms with van der Waals surface area (Å²) in [5.74, 6) is 1.53. The molecule has 0 radical (unpaired) electrons. The van der Waals surface area contributed by atoms with Crippen LogP contribution in [0.3, 0.4) is 0 Å². The Balaban J connectivity index is 2.67. The zero-order chi connectivity index (χ0) is 11.3. The molecule has 1 heterocycles. The van der Waals surface area contributed by atoms with E-state index in [9.17, 15) is 0 Å². The third-order valence-corrected chi connectivity index (χ3v) is 2.89. The summed E-state index contributed by atoms with van der Waals surface area (Å²) in [6, 6.07) is 2.39. The SMILES string of the molecule is CNC(c1ccoc1C)C(C)CCOC. The maximum atomic E-state index is 5.33. The van der Waals surface area contributed by atoms with Crippen LogP contribution in [-0.2, 0) is 4.74 Å². The molecule has 0 aliphatic rings. The molecule has 3 heteroatoms. The molecule has 0 saturated carbocycles. The van der Waals surface area contributed by atoms with Crippen LogP contribution in [0.25, 0.3) is 0 Å². The lowest BCUT2D eigenvalue weighted by molar-refractivity contribution is 0.171. The van der Waals surface area contributed by atoms with Gasteiger partial charge < -0.3 is 14.5 Å². The summed E-state index contributed by atoms with van der Waals surface area (Å²) < 4.78 is 10.4. The van der Waals surface area contributed by atoms with Crippen molar-refractivity contribution in [1.82, 2.24) is 5.32 Å². The van der Waals surface area contributed by atoms with Gasteiger partial charge in [-0.3, -0.25) is 0 Å². The predicted octanol–water partition coefficient (Wildman–Crippen LogP) is 2.52. The minimum Gasteiger partial charge on any atom is -0.469 e. The number of hydrogen-bond donors (Lipinski definition) is 1. The average molecular weight is 211 g/mol. The average Bonchev–Trinajstić information content (AvgIpc) is 2.63. The molecule has 0 aromatic carbocycles. The van der Waals surface area contributed by atoms with Gasteiger partial charge in [0.25, 0.3) is 0 Å². The Morgan fingerprint density at radius 1 is 1.53 bits per heavy atom. The van der Waals surface area contributed by atoms with Gasteiger partial charge in [0, 0.05) is 25.3 Å². The lowest BCUT2D eigenvalue weighted by Crippen LogP contribution is -2.24. The third-order valence-electron chi connectivity index (χ3n) is 2.89. The van der Waals surface area contributed by atoms with Crippen LogP contribution in [0.2, 0.25) is 0 Å². The molecule has 15 heavy (non-hydrogen) atoms. The third kappa shape index (κ3) is 3.08. The summed E-state index contributed by atoms with van der Waals surface area (Å²) in [5.41, 5.74) is 1.25. The molecule has 1 rings (SSSR count). The predicted molar refractivity (Wildman–Crippen MR) is 60.9 cm³/mol. The number of aryl methyl sites for hydroxylation is 1. The molecule has 1 aromatic rings. The molecular weight excluding hydrogens is 190 g/mol. The van der Waals surface area contributed by atoms with Gasteiger partial charge in [0.1, 0.15) is 5.76 Å². The van der Waals surface area contributed by atoms with Crippen molar-refractivity contribution < 1.29 is 9.15 Å². The molecule has 2 unspecified atom stereocenters. The summed E-state index contributed by atoms with van der Waals surface area (Å²) in [5, 5.41) is 3.34. The van der Waals surface area contributed by atoms with E-state index in [4.69, 9.17) is 9.15 Å². The summed E-state index contributed by atoms with van der Waals surface area (Å²) in [7, 11) is 3.73. The number of nitrogens with one attached hydrogen (secondary N) is 1. The summed E-state index contributed by atoms with van der Waals surface area (Å²) in [4.78, 5) is 0. The summed E-state index contributed by atoms with van der Waals surface area (Å²) in [6.45, 7) is 5.03. The van der Waals surface area contributed by atoms with E-state index in [0.29, 0.717) is 12.0 Å². The van der Waals surface area contributed by atoms with Gasteiger partial charge >= 0.3 is 0 Å². The van der Waals surface area contributed by atoms with Crippen LogP contribution in [0.4, 0.5) is 0 Å². The molecule has 0 spiro atoms. The van der Waals surface area contributed by atoms with Crippen LogP contribution in [-0.4, -0.2) is 20.8 Å². The van der Waals surface area contributed by atoms with E-state index in [2.05, 4.69) is 12.2 Å². The lowest BCUT2D eigenvalue weighted by Gasteiger charge is -2.23. The van der Waals surface area contributed by atoms with E-state index in [1.807, 2.05) is 20.0 Å². The van der Waals surface area contributed by atoms with Crippen molar-refractivity contribution in [3.8, 4) is 0 Å².